The van der Waals surface area contributed by atoms with Crippen molar-refractivity contribution in [2.24, 2.45) is 5.73 Å². The topological polar surface area (TPSA) is 38.9 Å². The van der Waals surface area contributed by atoms with Crippen molar-refractivity contribution in [3.8, 4) is 0 Å². The van der Waals surface area contributed by atoms with Crippen molar-refractivity contribution in [2.45, 2.75) is 6.42 Å². The van der Waals surface area contributed by atoms with E-state index in [-0.39, 0.29) is 0 Å². The molecule has 0 aliphatic rings. The Bertz CT molecular complexity index is 254. The van der Waals surface area contributed by atoms with Crippen LogP contribution < -0.4 is 5.73 Å². The standard InChI is InChI=1S/C9H11BrN2/c10-9-5-4-8(7-12-9)3-1-2-6-11/h1,3-5,7H,2,6,11H2. The zero-order chi connectivity index (χ0) is 8.81. The van der Waals surface area contributed by atoms with E-state index < -0.39 is 0 Å². The highest BCUT2D eigenvalue weighted by molar-refractivity contribution is 9.10. The Morgan fingerprint density at radius 3 is 2.92 bits per heavy atom. The fourth-order valence-corrected chi connectivity index (χ4v) is 1.04. The molecular formula is C9H11BrN2. The van der Waals surface area contributed by atoms with Crippen LogP contribution in [-0.2, 0) is 0 Å². The number of aromatic nitrogens is 1. The summed E-state index contributed by atoms with van der Waals surface area (Å²) in [6, 6.07) is 3.92. The van der Waals surface area contributed by atoms with Gasteiger partial charge in [-0.15, -0.1) is 0 Å². The summed E-state index contributed by atoms with van der Waals surface area (Å²) in [7, 11) is 0. The van der Waals surface area contributed by atoms with Crippen LogP contribution in [-0.4, -0.2) is 11.5 Å². The second-order valence-corrected chi connectivity index (χ2v) is 3.21. The minimum absolute atomic E-state index is 0.695. The van der Waals surface area contributed by atoms with E-state index in [1.165, 1.54) is 0 Å². The molecule has 0 amide bonds. The van der Waals surface area contributed by atoms with Gasteiger partial charge in [0, 0.05) is 6.20 Å². The van der Waals surface area contributed by atoms with E-state index in [2.05, 4.69) is 20.9 Å². The van der Waals surface area contributed by atoms with E-state index in [9.17, 15) is 0 Å². The lowest BCUT2D eigenvalue weighted by atomic mass is 10.2. The molecule has 0 aliphatic heterocycles. The first-order valence-corrected chi connectivity index (χ1v) is 4.60. The summed E-state index contributed by atoms with van der Waals surface area (Å²) in [5.74, 6) is 0. The third kappa shape index (κ3) is 3.15. The molecular weight excluding hydrogens is 216 g/mol. The Morgan fingerprint density at radius 2 is 2.33 bits per heavy atom. The SMILES string of the molecule is NCCC=Cc1ccc(Br)nc1. The van der Waals surface area contributed by atoms with Crippen LogP contribution in [0.2, 0.25) is 0 Å². The molecule has 1 rings (SSSR count). The van der Waals surface area contributed by atoms with Crippen LogP contribution in [0.3, 0.4) is 0 Å². The highest BCUT2D eigenvalue weighted by Crippen LogP contribution is 2.07. The van der Waals surface area contributed by atoms with Crippen molar-refractivity contribution in [1.29, 1.82) is 0 Å². The Balaban J connectivity index is 2.58. The van der Waals surface area contributed by atoms with Crippen LogP contribution in [0.25, 0.3) is 6.08 Å². The molecule has 2 nitrogen and oxygen atoms in total. The van der Waals surface area contributed by atoms with Gasteiger partial charge in [0.15, 0.2) is 0 Å². The number of hydrogen-bond acceptors (Lipinski definition) is 2. The number of pyridine rings is 1. The van der Waals surface area contributed by atoms with Crippen LogP contribution >= 0.6 is 15.9 Å². The molecule has 0 saturated carbocycles. The van der Waals surface area contributed by atoms with Gasteiger partial charge in [0.25, 0.3) is 0 Å². The predicted octanol–water partition coefficient (Wildman–Crippen LogP) is 2.21. The van der Waals surface area contributed by atoms with Crippen molar-refractivity contribution in [3.63, 3.8) is 0 Å². The lowest BCUT2D eigenvalue weighted by molar-refractivity contribution is 1.01. The van der Waals surface area contributed by atoms with E-state index in [0.717, 1.165) is 16.6 Å². The minimum atomic E-state index is 0.695. The highest BCUT2D eigenvalue weighted by Gasteiger charge is 1.87. The van der Waals surface area contributed by atoms with Crippen molar-refractivity contribution in [2.75, 3.05) is 6.54 Å². The molecule has 1 heterocycles. The van der Waals surface area contributed by atoms with E-state index in [1.807, 2.05) is 30.5 Å². The molecule has 0 aliphatic carbocycles. The van der Waals surface area contributed by atoms with Crippen LogP contribution in [0.5, 0.6) is 0 Å². The average molecular weight is 227 g/mol. The third-order valence-corrected chi connectivity index (χ3v) is 1.86. The first-order chi connectivity index (χ1) is 5.83. The van der Waals surface area contributed by atoms with Gasteiger partial charge >= 0.3 is 0 Å². The van der Waals surface area contributed by atoms with E-state index in [0.29, 0.717) is 6.54 Å². The van der Waals surface area contributed by atoms with Gasteiger partial charge in [-0.1, -0.05) is 18.2 Å². The van der Waals surface area contributed by atoms with Crippen LogP contribution in [0, 0.1) is 0 Å². The largest absolute Gasteiger partial charge is 0.330 e. The zero-order valence-electron chi connectivity index (χ0n) is 6.70. The molecule has 0 unspecified atom stereocenters. The number of hydrogen-bond donors (Lipinski definition) is 1. The molecule has 1 aromatic rings. The predicted molar refractivity (Wildman–Crippen MR) is 54.6 cm³/mol. The number of nitrogens with two attached hydrogens (primary N) is 1. The lowest BCUT2D eigenvalue weighted by Crippen LogP contribution is -1.94. The maximum absolute atomic E-state index is 5.34. The lowest BCUT2D eigenvalue weighted by Gasteiger charge is -1.92. The molecule has 3 heteroatoms. The number of rotatable bonds is 3. The van der Waals surface area contributed by atoms with Crippen LogP contribution in [0.15, 0.2) is 29.0 Å². The first-order valence-electron chi connectivity index (χ1n) is 3.81. The van der Waals surface area contributed by atoms with E-state index in [1.54, 1.807) is 0 Å². The summed E-state index contributed by atoms with van der Waals surface area (Å²) in [4.78, 5) is 4.09. The van der Waals surface area contributed by atoms with Gasteiger partial charge in [0.2, 0.25) is 0 Å². The Labute approximate surface area is 80.6 Å². The maximum atomic E-state index is 5.34. The molecule has 0 aromatic carbocycles. The Hall–Kier alpha value is -0.670. The van der Waals surface area contributed by atoms with Gasteiger partial charge in [-0.2, -0.15) is 0 Å². The van der Waals surface area contributed by atoms with Gasteiger partial charge in [-0.25, -0.2) is 4.98 Å². The number of nitrogens with zero attached hydrogens (tertiary/aromatic N) is 1. The fraction of sp³-hybridized carbons (Fsp3) is 0.222. The Kier molecular flexibility index (Phi) is 3.97. The maximum Gasteiger partial charge on any atom is 0.106 e. The third-order valence-electron chi connectivity index (χ3n) is 1.39. The summed E-state index contributed by atoms with van der Waals surface area (Å²) >= 11 is 3.27. The normalized spacial score (nSPS) is 10.8. The average Bonchev–Trinajstić information content (AvgIpc) is 2.09. The molecule has 0 radical (unpaired) electrons. The van der Waals surface area contributed by atoms with Gasteiger partial charge in [-0.05, 0) is 40.5 Å². The van der Waals surface area contributed by atoms with E-state index in [4.69, 9.17) is 5.73 Å². The molecule has 2 N–H and O–H groups in total. The Morgan fingerprint density at radius 1 is 1.50 bits per heavy atom. The van der Waals surface area contributed by atoms with Crippen molar-refractivity contribution in [1.82, 2.24) is 4.98 Å². The fourth-order valence-electron chi connectivity index (χ4n) is 0.801. The van der Waals surface area contributed by atoms with Crippen molar-refractivity contribution >= 4 is 22.0 Å². The van der Waals surface area contributed by atoms with Gasteiger partial charge in [-0.3, -0.25) is 0 Å². The minimum Gasteiger partial charge on any atom is -0.330 e. The molecule has 12 heavy (non-hydrogen) atoms. The summed E-state index contributed by atoms with van der Waals surface area (Å²) < 4.78 is 0.860. The van der Waals surface area contributed by atoms with Gasteiger partial charge in [0.05, 0.1) is 0 Å². The molecule has 1 aromatic heterocycles. The molecule has 0 spiro atoms. The smallest absolute Gasteiger partial charge is 0.106 e. The van der Waals surface area contributed by atoms with Crippen LogP contribution in [0.1, 0.15) is 12.0 Å². The molecule has 0 atom stereocenters. The summed E-state index contributed by atoms with van der Waals surface area (Å²) in [6.07, 6.45) is 6.80. The van der Waals surface area contributed by atoms with Gasteiger partial charge < -0.3 is 5.73 Å². The second-order valence-electron chi connectivity index (χ2n) is 2.39. The van der Waals surface area contributed by atoms with Crippen molar-refractivity contribution in [3.05, 3.63) is 34.6 Å². The summed E-state index contributed by atoms with van der Waals surface area (Å²) in [6.45, 7) is 0.695. The van der Waals surface area contributed by atoms with E-state index >= 15 is 0 Å². The quantitative estimate of drug-likeness (QED) is 0.804. The van der Waals surface area contributed by atoms with Crippen molar-refractivity contribution < 1.29 is 0 Å². The number of halogens is 1. The first kappa shape index (κ1) is 9.42. The van der Waals surface area contributed by atoms with Gasteiger partial charge in [0.1, 0.15) is 4.60 Å². The zero-order valence-corrected chi connectivity index (χ0v) is 8.29. The second kappa shape index (κ2) is 5.06. The molecule has 0 bridgehead atoms. The molecule has 0 saturated heterocycles. The monoisotopic (exact) mass is 226 g/mol. The molecule has 64 valence electrons. The van der Waals surface area contributed by atoms with Crippen LogP contribution in [0.4, 0.5) is 0 Å². The summed E-state index contributed by atoms with van der Waals surface area (Å²) in [5, 5.41) is 0. The summed E-state index contributed by atoms with van der Waals surface area (Å²) in [5.41, 5.74) is 6.45. The molecule has 0 fully saturated rings. The highest BCUT2D eigenvalue weighted by atomic mass is 79.9.